The number of sulfone groups is 1. The van der Waals surface area contributed by atoms with E-state index in [1.54, 1.807) is 6.07 Å². The smallest absolute Gasteiger partial charge is 0.177 e. The summed E-state index contributed by atoms with van der Waals surface area (Å²) in [7, 11) is -3.44. The largest absolute Gasteiger partial charge is 0.370 e. The van der Waals surface area contributed by atoms with Gasteiger partial charge in [-0.2, -0.15) is 0 Å². The third kappa shape index (κ3) is 4.47. The van der Waals surface area contributed by atoms with Gasteiger partial charge in [-0.05, 0) is 55.7 Å². The number of piperidine rings is 1. The van der Waals surface area contributed by atoms with Gasteiger partial charge < -0.3 is 4.90 Å². The van der Waals surface area contributed by atoms with Crippen molar-refractivity contribution in [1.82, 2.24) is 0 Å². The molecule has 0 atom stereocenters. The Balaban J connectivity index is 1.84. The van der Waals surface area contributed by atoms with Crippen LogP contribution in [0.3, 0.4) is 0 Å². The highest BCUT2D eigenvalue weighted by atomic mass is 32.2. The van der Waals surface area contributed by atoms with Crippen LogP contribution in [0.15, 0.2) is 46.9 Å². The average molecular weight is 405 g/mol. The number of halogens is 2. The minimum Gasteiger partial charge on any atom is -0.370 e. The number of ketones is 1. The summed E-state index contributed by atoms with van der Waals surface area (Å²) in [4.78, 5) is 13.9. The highest BCUT2D eigenvalue weighted by Gasteiger charge is 2.22. The van der Waals surface area contributed by atoms with Gasteiger partial charge in [0.25, 0.3) is 0 Å². The summed E-state index contributed by atoms with van der Waals surface area (Å²) in [6.45, 7) is 2.58. The lowest BCUT2D eigenvalue weighted by atomic mass is 10.00. The van der Waals surface area contributed by atoms with Crippen LogP contribution in [0, 0.1) is 11.6 Å². The fourth-order valence-corrected chi connectivity index (χ4v) is 4.20. The van der Waals surface area contributed by atoms with Crippen molar-refractivity contribution in [3.8, 4) is 0 Å². The zero-order valence-corrected chi connectivity index (χ0v) is 16.5. The van der Waals surface area contributed by atoms with Crippen LogP contribution < -0.4 is 4.90 Å². The number of nitrogens with zero attached hydrogens (tertiary/aromatic N) is 1. The number of hydrogen-bond donors (Lipinski definition) is 0. The fourth-order valence-electron chi connectivity index (χ4n) is 3.31. The molecule has 148 valence electrons. The van der Waals surface area contributed by atoms with E-state index in [9.17, 15) is 22.0 Å². The van der Waals surface area contributed by atoms with Crippen LogP contribution in [0.5, 0.6) is 0 Å². The number of carbonyl (C=O) groups excluding carboxylic acids is 1. The molecule has 0 spiro atoms. The van der Waals surface area contributed by atoms with Crippen molar-refractivity contribution in [1.29, 1.82) is 0 Å². The fraction of sp³-hybridized carbons (Fsp3) is 0.286. The van der Waals surface area contributed by atoms with Gasteiger partial charge in [0.2, 0.25) is 0 Å². The van der Waals surface area contributed by atoms with Crippen LogP contribution in [-0.4, -0.2) is 33.5 Å². The molecule has 1 heterocycles. The number of rotatable bonds is 4. The highest BCUT2D eigenvalue weighted by molar-refractivity contribution is 7.90. The monoisotopic (exact) mass is 405 g/mol. The van der Waals surface area contributed by atoms with Crippen molar-refractivity contribution in [3.05, 3.63) is 64.7 Å². The molecule has 2 aromatic carbocycles. The Morgan fingerprint density at radius 1 is 1.04 bits per heavy atom. The van der Waals surface area contributed by atoms with Crippen LogP contribution in [0.2, 0.25) is 0 Å². The molecule has 28 heavy (non-hydrogen) atoms. The van der Waals surface area contributed by atoms with Gasteiger partial charge in [-0.3, -0.25) is 4.79 Å². The van der Waals surface area contributed by atoms with E-state index >= 15 is 0 Å². The second-order valence-corrected chi connectivity index (χ2v) is 8.96. The molecule has 2 aromatic rings. The Labute approximate surface area is 163 Å². The molecule has 0 aliphatic carbocycles. The Hall–Kier alpha value is -2.54. The van der Waals surface area contributed by atoms with Gasteiger partial charge in [0.05, 0.1) is 10.6 Å². The Bertz CT molecular complexity index is 1050. The van der Waals surface area contributed by atoms with Crippen molar-refractivity contribution < 1.29 is 22.0 Å². The quantitative estimate of drug-likeness (QED) is 0.714. The lowest BCUT2D eigenvalue weighted by Crippen LogP contribution is -2.31. The van der Waals surface area contributed by atoms with E-state index in [-0.39, 0.29) is 10.7 Å². The Morgan fingerprint density at radius 3 is 2.29 bits per heavy atom. The number of anilines is 1. The van der Waals surface area contributed by atoms with Gasteiger partial charge >= 0.3 is 0 Å². The molecule has 0 N–H and O–H groups in total. The molecule has 4 nitrogen and oxygen atoms in total. The van der Waals surface area contributed by atoms with Crippen molar-refractivity contribution >= 4 is 27.4 Å². The van der Waals surface area contributed by atoms with Gasteiger partial charge in [-0.15, -0.1) is 0 Å². The van der Waals surface area contributed by atoms with Crippen LogP contribution in [0.1, 0.15) is 35.7 Å². The Morgan fingerprint density at radius 2 is 1.71 bits per heavy atom. The maximum absolute atomic E-state index is 13.4. The van der Waals surface area contributed by atoms with Crippen LogP contribution in [0.4, 0.5) is 14.5 Å². The van der Waals surface area contributed by atoms with Gasteiger partial charge in [0.1, 0.15) is 0 Å². The summed E-state index contributed by atoms with van der Waals surface area (Å²) < 4.78 is 50.8. The number of benzene rings is 2. The molecule has 0 unspecified atom stereocenters. The van der Waals surface area contributed by atoms with Gasteiger partial charge in [0.15, 0.2) is 27.3 Å². The minimum absolute atomic E-state index is 0.128. The number of carbonyl (C=O) groups is 1. The first-order chi connectivity index (χ1) is 13.1. The standard InChI is InChI=1S/C21H21F2NO3S/c1-14(25)17-4-6-21(28(2,26)27)20(13-17)24-9-7-15(8-10-24)11-16-3-5-18(22)19(23)12-16/h3-6,11-13H,7-10H2,1-2H3. The van der Waals surface area contributed by atoms with E-state index in [1.807, 2.05) is 11.0 Å². The summed E-state index contributed by atoms with van der Waals surface area (Å²) in [5.41, 5.74) is 2.66. The summed E-state index contributed by atoms with van der Waals surface area (Å²) in [6.07, 6.45) is 4.31. The molecule has 1 fully saturated rings. The zero-order valence-electron chi connectivity index (χ0n) is 15.7. The van der Waals surface area contributed by atoms with Crippen LogP contribution in [0.25, 0.3) is 6.08 Å². The topological polar surface area (TPSA) is 54.5 Å². The molecule has 0 amide bonds. The molecule has 0 bridgehead atoms. The number of hydrogen-bond acceptors (Lipinski definition) is 4. The summed E-state index contributed by atoms with van der Waals surface area (Å²) in [6, 6.07) is 8.42. The maximum Gasteiger partial charge on any atom is 0.177 e. The molecule has 1 saturated heterocycles. The highest BCUT2D eigenvalue weighted by Crippen LogP contribution is 2.31. The SMILES string of the molecule is CC(=O)c1ccc(S(C)(=O)=O)c(N2CCC(=Cc3ccc(F)c(F)c3)CC2)c1. The van der Waals surface area contributed by atoms with Gasteiger partial charge in [-0.25, -0.2) is 17.2 Å². The summed E-state index contributed by atoms with van der Waals surface area (Å²) in [5.74, 6) is -1.89. The van der Waals surface area contributed by atoms with Gasteiger partial charge in [-0.1, -0.05) is 17.7 Å². The van der Waals surface area contributed by atoms with Crippen molar-refractivity contribution in [2.24, 2.45) is 0 Å². The van der Waals surface area contributed by atoms with Crippen LogP contribution >= 0.6 is 0 Å². The minimum atomic E-state index is -3.44. The third-order valence-electron chi connectivity index (χ3n) is 4.83. The molecule has 0 radical (unpaired) electrons. The molecule has 1 aliphatic heterocycles. The van der Waals surface area contributed by atoms with Gasteiger partial charge in [0, 0.05) is 24.9 Å². The normalized spacial score (nSPS) is 14.9. The van der Waals surface area contributed by atoms with Crippen molar-refractivity contribution in [3.63, 3.8) is 0 Å². The molecule has 7 heteroatoms. The number of Topliss-reactive ketones (excluding diaryl/α,β-unsaturated/α-hetero) is 1. The van der Waals surface area contributed by atoms with E-state index < -0.39 is 21.5 Å². The van der Waals surface area contributed by atoms with E-state index in [0.717, 1.165) is 24.0 Å². The molecule has 0 aromatic heterocycles. The third-order valence-corrected chi connectivity index (χ3v) is 5.97. The second kappa shape index (κ2) is 7.83. The first-order valence-corrected chi connectivity index (χ1v) is 10.8. The average Bonchev–Trinajstić information content (AvgIpc) is 2.64. The first kappa shape index (κ1) is 20.2. The lowest BCUT2D eigenvalue weighted by Gasteiger charge is -2.32. The second-order valence-electron chi connectivity index (χ2n) is 6.97. The van der Waals surface area contributed by atoms with E-state index in [2.05, 4.69) is 0 Å². The van der Waals surface area contributed by atoms with E-state index in [0.29, 0.717) is 42.7 Å². The lowest BCUT2D eigenvalue weighted by molar-refractivity contribution is 0.101. The van der Waals surface area contributed by atoms with E-state index in [1.165, 1.54) is 25.1 Å². The van der Waals surface area contributed by atoms with Crippen molar-refractivity contribution in [2.45, 2.75) is 24.7 Å². The molecule has 3 rings (SSSR count). The molecular weight excluding hydrogens is 384 g/mol. The van der Waals surface area contributed by atoms with Crippen LogP contribution in [-0.2, 0) is 9.84 Å². The predicted octanol–water partition coefficient (Wildman–Crippen LogP) is 4.25. The Kier molecular flexibility index (Phi) is 5.65. The molecule has 1 aliphatic rings. The predicted molar refractivity (Wildman–Crippen MR) is 105 cm³/mol. The first-order valence-electron chi connectivity index (χ1n) is 8.89. The maximum atomic E-state index is 13.4. The summed E-state index contributed by atoms with van der Waals surface area (Å²) >= 11 is 0. The summed E-state index contributed by atoms with van der Waals surface area (Å²) in [5, 5.41) is 0. The van der Waals surface area contributed by atoms with E-state index in [4.69, 9.17) is 0 Å². The molecule has 0 saturated carbocycles. The van der Waals surface area contributed by atoms with Crippen molar-refractivity contribution in [2.75, 3.05) is 24.2 Å². The molecular formula is C21H21F2NO3S. The zero-order chi connectivity index (χ0) is 20.5.